The van der Waals surface area contributed by atoms with Gasteiger partial charge in [-0.3, -0.25) is 14.8 Å². The number of ether oxygens (including phenoxy) is 2. The van der Waals surface area contributed by atoms with Gasteiger partial charge in [0.2, 0.25) is 0 Å². The maximum Gasteiger partial charge on any atom is 0.350 e. The van der Waals surface area contributed by atoms with Gasteiger partial charge >= 0.3 is 11.6 Å². The predicted molar refractivity (Wildman–Crippen MR) is 74.7 cm³/mol. The van der Waals surface area contributed by atoms with E-state index in [0.29, 0.717) is 0 Å². The van der Waals surface area contributed by atoms with Crippen molar-refractivity contribution in [2.24, 2.45) is 0 Å². The van der Waals surface area contributed by atoms with Crippen molar-refractivity contribution >= 4 is 5.69 Å². The molecule has 2 rings (SSSR count). The molecular weight excluding hydrogens is 297 g/mol. The Morgan fingerprint density at radius 1 is 1.55 bits per heavy atom. The number of nitrogens with zero attached hydrogens (tertiary/aromatic N) is 3. The zero-order valence-corrected chi connectivity index (χ0v) is 12.4. The van der Waals surface area contributed by atoms with E-state index in [0.717, 1.165) is 25.7 Å². The van der Waals surface area contributed by atoms with E-state index in [4.69, 9.17) is 14.6 Å². The topological polar surface area (TPSA) is 99.7 Å². The van der Waals surface area contributed by atoms with Gasteiger partial charge in [-0.25, -0.2) is 4.39 Å². The second-order valence-corrected chi connectivity index (χ2v) is 5.31. The molecule has 22 heavy (non-hydrogen) atoms. The average molecular weight is 317 g/mol. The molecule has 1 aromatic heterocycles. The van der Waals surface area contributed by atoms with E-state index in [1.807, 2.05) is 0 Å². The molecule has 0 radical (unpaired) electrons. The molecule has 124 valence electrons. The first-order valence-electron chi connectivity index (χ1n) is 7.19. The zero-order valence-electron chi connectivity index (χ0n) is 12.4. The quantitative estimate of drug-likeness (QED) is 0.606. The fourth-order valence-electron chi connectivity index (χ4n) is 2.55. The largest absolute Gasteiger partial charge is 0.469 e. The number of hydrogen-bond acceptors (Lipinski definition) is 6. The Labute approximate surface area is 127 Å². The second-order valence-electron chi connectivity index (χ2n) is 5.31. The van der Waals surface area contributed by atoms with Gasteiger partial charge in [0.05, 0.1) is 23.7 Å². The lowest BCUT2D eigenvalue weighted by molar-refractivity contribution is -0.386. The Kier molecular flexibility index (Phi) is 5.67. The minimum absolute atomic E-state index is 0.0430. The molecule has 1 saturated carbocycles. The summed E-state index contributed by atoms with van der Waals surface area (Å²) >= 11 is 0. The predicted octanol–water partition coefficient (Wildman–Crippen LogP) is 1.63. The van der Waals surface area contributed by atoms with Crippen molar-refractivity contribution in [3.8, 4) is 5.88 Å². The van der Waals surface area contributed by atoms with E-state index in [2.05, 4.69) is 5.10 Å². The van der Waals surface area contributed by atoms with Gasteiger partial charge in [-0.05, 0) is 25.7 Å². The van der Waals surface area contributed by atoms with Crippen LogP contribution in [0.5, 0.6) is 5.88 Å². The number of nitro groups is 1. The Morgan fingerprint density at radius 3 is 2.77 bits per heavy atom. The first-order chi connectivity index (χ1) is 10.5. The molecule has 1 aromatic rings. The van der Waals surface area contributed by atoms with Crippen LogP contribution in [0.4, 0.5) is 10.1 Å². The van der Waals surface area contributed by atoms with Crippen LogP contribution in [0.1, 0.15) is 31.7 Å². The fourth-order valence-corrected chi connectivity index (χ4v) is 2.55. The standard InChI is InChI=1S/C13H20FN3O5/c1-21-11-4-2-10(3-5-11)16-6-12(17(19)20)13(15-16)22-8-9(14)7-18/h6,9-11,18H,2-5,7-8H2,1H3. The fraction of sp³-hybridized carbons (Fsp3) is 0.769. The molecule has 1 unspecified atom stereocenters. The molecule has 0 spiro atoms. The van der Waals surface area contributed by atoms with Gasteiger partial charge in [-0.2, -0.15) is 0 Å². The lowest BCUT2D eigenvalue weighted by atomic mass is 9.93. The molecule has 0 saturated heterocycles. The van der Waals surface area contributed by atoms with Gasteiger partial charge in [-0.1, -0.05) is 0 Å². The van der Waals surface area contributed by atoms with Crippen LogP contribution in [0.25, 0.3) is 0 Å². The smallest absolute Gasteiger partial charge is 0.350 e. The van der Waals surface area contributed by atoms with E-state index >= 15 is 0 Å². The van der Waals surface area contributed by atoms with Crippen LogP contribution in [-0.4, -0.2) is 52.4 Å². The molecule has 1 atom stereocenters. The van der Waals surface area contributed by atoms with Gasteiger partial charge < -0.3 is 14.6 Å². The molecule has 8 nitrogen and oxygen atoms in total. The lowest BCUT2D eigenvalue weighted by Gasteiger charge is -2.27. The SMILES string of the molecule is COC1CCC(n2cc([N+](=O)[O-])c(OCC(F)CO)n2)CC1. The summed E-state index contributed by atoms with van der Waals surface area (Å²) in [6, 6.07) is 0.0430. The number of aliphatic hydroxyl groups is 1. The van der Waals surface area contributed by atoms with E-state index in [1.165, 1.54) is 10.9 Å². The molecule has 0 bridgehead atoms. The molecule has 1 aliphatic carbocycles. The minimum atomic E-state index is -1.60. The van der Waals surface area contributed by atoms with Crippen LogP contribution in [0, 0.1) is 10.1 Å². The number of halogens is 1. The molecule has 1 aliphatic rings. The molecule has 1 fully saturated rings. The minimum Gasteiger partial charge on any atom is -0.469 e. The highest BCUT2D eigenvalue weighted by Gasteiger charge is 2.28. The van der Waals surface area contributed by atoms with E-state index in [1.54, 1.807) is 7.11 Å². The van der Waals surface area contributed by atoms with Crippen molar-refractivity contribution in [2.45, 2.75) is 44.0 Å². The van der Waals surface area contributed by atoms with Gasteiger partial charge in [0, 0.05) is 7.11 Å². The van der Waals surface area contributed by atoms with Gasteiger partial charge in [0.15, 0.2) is 6.17 Å². The molecular formula is C13H20FN3O5. The van der Waals surface area contributed by atoms with Crippen LogP contribution in [-0.2, 0) is 4.74 Å². The highest BCUT2D eigenvalue weighted by Crippen LogP contribution is 2.33. The van der Waals surface area contributed by atoms with Crippen LogP contribution in [0.3, 0.4) is 0 Å². The third kappa shape index (κ3) is 3.92. The monoisotopic (exact) mass is 317 g/mol. The second kappa shape index (κ2) is 7.50. The summed E-state index contributed by atoms with van der Waals surface area (Å²) in [6.07, 6.45) is 3.28. The number of methoxy groups -OCH3 is 1. The summed E-state index contributed by atoms with van der Waals surface area (Å²) in [7, 11) is 1.67. The van der Waals surface area contributed by atoms with Crippen molar-refractivity contribution in [1.82, 2.24) is 9.78 Å². The van der Waals surface area contributed by atoms with Crippen molar-refractivity contribution in [3.63, 3.8) is 0 Å². The first kappa shape index (κ1) is 16.6. The zero-order chi connectivity index (χ0) is 16.1. The van der Waals surface area contributed by atoms with Gasteiger partial charge in [0.1, 0.15) is 12.8 Å². The van der Waals surface area contributed by atoms with Crippen LogP contribution >= 0.6 is 0 Å². The summed E-state index contributed by atoms with van der Waals surface area (Å²) in [6.45, 7) is -1.17. The number of alkyl halides is 1. The Hall–Kier alpha value is -1.74. The van der Waals surface area contributed by atoms with Crippen molar-refractivity contribution in [3.05, 3.63) is 16.3 Å². The van der Waals surface area contributed by atoms with Crippen LogP contribution < -0.4 is 4.74 Å². The maximum absolute atomic E-state index is 13.0. The average Bonchev–Trinajstić information content (AvgIpc) is 2.97. The molecule has 0 aromatic carbocycles. The normalized spacial score (nSPS) is 23.2. The molecule has 1 heterocycles. The third-order valence-electron chi connectivity index (χ3n) is 3.83. The summed E-state index contributed by atoms with van der Waals surface area (Å²) in [5.74, 6) is -0.213. The Bertz CT molecular complexity index is 502. The number of aliphatic hydroxyl groups excluding tert-OH is 1. The summed E-state index contributed by atoms with van der Waals surface area (Å²) in [5.41, 5.74) is -0.293. The number of hydrogen-bond donors (Lipinski definition) is 1. The highest BCUT2D eigenvalue weighted by atomic mass is 19.1. The first-order valence-corrected chi connectivity index (χ1v) is 7.19. The lowest BCUT2D eigenvalue weighted by Crippen LogP contribution is -2.23. The molecule has 9 heteroatoms. The van der Waals surface area contributed by atoms with Crippen molar-refractivity contribution in [1.29, 1.82) is 0 Å². The third-order valence-corrected chi connectivity index (χ3v) is 3.83. The van der Waals surface area contributed by atoms with Gasteiger partial charge in [-0.15, -0.1) is 5.10 Å². The number of aromatic nitrogens is 2. The molecule has 1 N–H and O–H groups in total. The van der Waals surface area contributed by atoms with Crippen molar-refractivity contribution in [2.75, 3.05) is 20.3 Å². The van der Waals surface area contributed by atoms with Crippen LogP contribution in [0.15, 0.2) is 6.20 Å². The summed E-state index contributed by atoms with van der Waals surface area (Å²) in [4.78, 5) is 10.4. The molecule has 0 amide bonds. The maximum atomic E-state index is 13.0. The molecule has 0 aliphatic heterocycles. The van der Waals surface area contributed by atoms with E-state index in [-0.39, 0.29) is 23.7 Å². The Balaban J connectivity index is 2.08. The van der Waals surface area contributed by atoms with Crippen LogP contribution in [0.2, 0.25) is 0 Å². The van der Waals surface area contributed by atoms with E-state index < -0.39 is 24.3 Å². The summed E-state index contributed by atoms with van der Waals surface area (Å²) in [5, 5.41) is 23.7. The number of rotatable bonds is 7. The summed E-state index contributed by atoms with van der Waals surface area (Å²) < 4.78 is 24.8. The van der Waals surface area contributed by atoms with Gasteiger partial charge in [0.25, 0.3) is 0 Å². The highest BCUT2D eigenvalue weighted by molar-refractivity contribution is 5.38. The van der Waals surface area contributed by atoms with E-state index in [9.17, 15) is 14.5 Å². The Morgan fingerprint density at radius 2 is 2.23 bits per heavy atom. The van der Waals surface area contributed by atoms with Crippen molar-refractivity contribution < 1.29 is 23.9 Å².